The predicted molar refractivity (Wildman–Crippen MR) is 34.5 cm³/mol. The van der Waals surface area contributed by atoms with Crippen LogP contribution in [0.15, 0.2) is 12.2 Å². The maximum atomic E-state index is 10.6. The monoisotopic (exact) mass is 140 g/mol. The van der Waals surface area contributed by atoms with Crippen LogP contribution in [0.3, 0.4) is 0 Å². The van der Waals surface area contributed by atoms with Gasteiger partial charge in [0.25, 0.3) is 0 Å². The van der Waals surface area contributed by atoms with E-state index in [0.29, 0.717) is 6.42 Å². The minimum atomic E-state index is -0.843. The van der Waals surface area contributed by atoms with Gasteiger partial charge in [0.1, 0.15) is 0 Å². The Morgan fingerprint density at radius 3 is 2.90 bits per heavy atom. The molecule has 0 aliphatic heterocycles. The topological polar surface area (TPSA) is 54.4 Å². The van der Waals surface area contributed by atoms with Gasteiger partial charge in [-0.1, -0.05) is 6.08 Å². The zero-order chi connectivity index (χ0) is 7.56. The fourth-order valence-electron chi connectivity index (χ4n) is 1.00. The number of rotatable bonds is 2. The summed E-state index contributed by atoms with van der Waals surface area (Å²) in [5.74, 6) is -0.874. The molecular formula is C7H8O3. The number of carboxylic acid groups (broad SMARTS) is 1. The molecule has 0 saturated carbocycles. The highest BCUT2D eigenvalue weighted by Crippen LogP contribution is 2.17. The molecule has 0 bridgehead atoms. The van der Waals surface area contributed by atoms with E-state index in [1.165, 1.54) is 6.08 Å². The van der Waals surface area contributed by atoms with E-state index in [4.69, 9.17) is 5.11 Å². The number of allylic oxidation sites excluding steroid dienone is 2. The normalized spacial score (nSPS) is 23.6. The Labute approximate surface area is 58.4 Å². The van der Waals surface area contributed by atoms with Crippen molar-refractivity contribution in [1.82, 2.24) is 0 Å². The molecule has 1 rings (SSSR count). The second kappa shape index (κ2) is 2.64. The van der Waals surface area contributed by atoms with Gasteiger partial charge < -0.3 is 5.11 Å². The maximum absolute atomic E-state index is 10.6. The van der Waals surface area contributed by atoms with Crippen LogP contribution in [0.1, 0.15) is 12.8 Å². The third kappa shape index (κ3) is 1.69. The first-order valence-electron chi connectivity index (χ1n) is 3.11. The summed E-state index contributed by atoms with van der Waals surface area (Å²) >= 11 is 0. The Balaban J connectivity index is 2.40. The molecule has 1 unspecified atom stereocenters. The SMILES string of the molecule is O=C(O)CC1C=CC(=O)C1. The van der Waals surface area contributed by atoms with Gasteiger partial charge in [-0.2, -0.15) is 0 Å². The second-order valence-electron chi connectivity index (χ2n) is 2.39. The van der Waals surface area contributed by atoms with Crippen LogP contribution in [0.2, 0.25) is 0 Å². The molecule has 0 aromatic carbocycles. The van der Waals surface area contributed by atoms with Crippen molar-refractivity contribution in [3.05, 3.63) is 12.2 Å². The first-order valence-corrected chi connectivity index (χ1v) is 3.11. The van der Waals surface area contributed by atoms with E-state index in [-0.39, 0.29) is 18.1 Å². The van der Waals surface area contributed by atoms with Gasteiger partial charge in [0.15, 0.2) is 5.78 Å². The average molecular weight is 140 g/mol. The van der Waals surface area contributed by atoms with Crippen molar-refractivity contribution in [3.8, 4) is 0 Å². The van der Waals surface area contributed by atoms with Gasteiger partial charge in [0.2, 0.25) is 0 Å². The molecule has 1 aliphatic carbocycles. The molecule has 3 heteroatoms. The van der Waals surface area contributed by atoms with E-state index in [2.05, 4.69) is 0 Å². The van der Waals surface area contributed by atoms with E-state index in [9.17, 15) is 9.59 Å². The highest BCUT2D eigenvalue weighted by molar-refractivity contribution is 5.92. The average Bonchev–Trinajstić information content (AvgIpc) is 2.13. The minimum Gasteiger partial charge on any atom is -0.481 e. The molecule has 0 heterocycles. The first kappa shape index (κ1) is 6.99. The van der Waals surface area contributed by atoms with Gasteiger partial charge in [-0.3, -0.25) is 9.59 Å². The van der Waals surface area contributed by atoms with E-state index in [0.717, 1.165) is 0 Å². The van der Waals surface area contributed by atoms with E-state index >= 15 is 0 Å². The molecule has 0 aromatic heterocycles. The summed E-state index contributed by atoms with van der Waals surface area (Å²) in [5.41, 5.74) is 0. The largest absolute Gasteiger partial charge is 0.481 e. The van der Waals surface area contributed by atoms with Crippen molar-refractivity contribution >= 4 is 11.8 Å². The van der Waals surface area contributed by atoms with Gasteiger partial charge in [-0.05, 0) is 12.0 Å². The Hall–Kier alpha value is -1.12. The molecule has 1 N–H and O–H groups in total. The molecule has 1 atom stereocenters. The lowest BCUT2D eigenvalue weighted by molar-refractivity contribution is -0.137. The molecule has 10 heavy (non-hydrogen) atoms. The number of aliphatic carboxylic acids is 1. The molecule has 0 fully saturated rings. The molecule has 0 spiro atoms. The standard InChI is InChI=1S/C7H8O3/c8-6-2-1-5(3-6)4-7(9)10/h1-2,5H,3-4H2,(H,9,10). The lowest BCUT2D eigenvalue weighted by Crippen LogP contribution is -2.04. The molecule has 0 radical (unpaired) electrons. The summed E-state index contributed by atoms with van der Waals surface area (Å²) in [6.07, 6.45) is 3.55. The van der Waals surface area contributed by atoms with Crippen molar-refractivity contribution < 1.29 is 14.7 Å². The smallest absolute Gasteiger partial charge is 0.303 e. The highest BCUT2D eigenvalue weighted by atomic mass is 16.4. The van der Waals surface area contributed by atoms with Crippen LogP contribution < -0.4 is 0 Å². The molecule has 1 aliphatic rings. The van der Waals surface area contributed by atoms with Crippen LogP contribution in [0, 0.1) is 5.92 Å². The Morgan fingerprint density at radius 1 is 1.80 bits per heavy atom. The number of hydrogen-bond acceptors (Lipinski definition) is 2. The maximum Gasteiger partial charge on any atom is 0.303 e. The third-order valence-electron chi connectivity index (χ3n) is 1.45. The van der Waals surface area contributed by atoms with Crippen LogP contribution >= 0.6 is 0 Å². The number of ketones is 1. The lowest BCUT2D eigenvalue weighted by Gasteiger charge is -1.99. The molecule has 3 nitrogen and oxygen atoms in total. The summed E-state index contributed by atoms with van der Waals surface area (Å²) in [4.78, 5) is 20.7. The third-order valence-corrected chi connectivity index (χ3v) is 1.45. The summed E-state index contributed by atoms with van der Waals surface area (Å²) in [7, 11) is 0. The second-order valence-corrected chi connectivity index (χ2v) is 2.39. The number of carboxylic acids is 1. The van der Waals surface area contributed by atoms with Gasteiger partial charge in [-0.15, -0.1) is 0 Å². The van der Waals surface area contributed by atoms with Gasteiger partial charge in [-0.25, -0.2) is 0 Å². The number of carbonyl (C=O) groups excluding carboxylic acids is 1. The lowest BCUT2D eigenvalue weighted by atomic mass is 10.1. The zero-order valence-electron chi connectivity index (χ0n) is 5.41. The molecular weight excluding hydrogens is 132 g/mol. The molecule has 0 saturated heterocycles. The Morgan fingerprint density at radius 2 is 2.50 bits per heavy atom. The van der Waals surface area contributed by atoms with Crippen molar-refractivity contribution in [2.75, 3.05) is 0 Å². The van der Waals surface area contributed by atoms with Crippen molar-refractivity contribution in [1.29, 1.82) is 0 Å². The molecule has 54 valence electrons. The summed E-state index contributed by atoms with van der Waals surface area (Å²) in [6, 6.07) is 0. The molecule has 0 amide bonds. The van der Waals surface area contributed by atoms with Crippen LogP contribution in [0.25, 0.3) is 0 Å². The minimum absolute atomic E-state index is 0.0336. The van der Waals surface area contributed by atoms with Crippen molar-refractivity contribution in [2.24, 2.45) is 5.92 Å². The summed E-state index contributed by atoms with van der Waals surface area (Å²) in [6.45, 7) is 0. The van der Waals surface area contributed by atoms with Gasteiger partial charge >= 0.3 is 5.97 Å². The first-order chi connectivity index (χ1) is 4.68. The number of hydrogen-bond donors (Lipinski definition) is 1. The van der Waals surface area contributed by atoms with Crippen molar-refractivity contribution in [3.63, 3.8) is 0 Å². The fraction of sp³-hybridized carbons (Fsp3) is 0.429. The summed E-state index contributed by atoms with van der Waals surface area (Å²) < 4.78 is 0. The number of carbonyl (C=O) groups is 2. The quantitative estimate of drug-likeness (QED) is 0.611. The van der Waals surface area contributed by atoms with Crippen LogP contribution in [-0.4, -0.2) is 16.9 Å². The van der Waals surface area contributed by atoms with Gasteiger partial charge in [0.05, 0.1) is 6.42 Å². The zero-order valence-corrected chi connectivity index (χ0v) is 5.41. The van der Waals surface area contributed by atoms with E-state index in [1.807, 2.05) is 0 Å². The molecule has 0 aromatic rings. The Bertz CT molecular complexity index is 193. The van der Waals surface area contributed by atoms with Crippen LogP contribution in [0.5, 0.6) is 0 Å². The predicted octanol–water partition coefficient (Wildman–Crippen LogP) is 0.606. The van der Waals surface area contributed by atoms with Gasteiger partial charge in [0, 0.05) is 6.42 Å². The Kier molecular flexibility index (Phi) is 1.85. The van der Waals surface area contributed by atoms with Crippen molar-refractivity contribution in [2.45, 2.75) is 12.8 Å². The highest BCUT2D eigenvalue weighted by Gasteiger charge is 2.17. The summed E-state index contributed by atoms with van der Waals surface area (Å²) in [5, 5.41) is 8.31. The fourth-order valence-corrected chi connectivity index (χ4v) is 1.00. The van der Waals surface area contributed by atoms with E-state index < -0.39 is 5.97 Å². The van der Waals surface area contributed by atoms with Crippen LogP contribution in [-0.2, 0) is 9.59 Å². The van der Waals surface area contributed by atoms with E-state index in [1.54, 1.807) is 6.08 Å². The van der Waals surface area contributed by atoms with Crippen LogP contribution in [0.4, 0.5) is 0 Å².